The molecular weight excluding hydrogens is 246 g/mol. The van der Waals surface area contributed by atoms with Gasteiger partial charge in [0.05, 0.1) is 0 Å². The van der Waals surface area contributed by atoms with Gasteiger partial charge in [0, 0.05) is 31.7 Å². The molecule has 0 atom stereocenters. The van der Waals surface area contributed by atoms with E-state index >= 15 is 0 Å². The fraction of sp³-hybridized carbons (Fsp3) is 0.385. The number of benzene rings is 1. The van der Waals surface area contributed by atoms with Crippen LogP contribution in [0.2, 0.25) is 0 Å². The van der Waals surface area contributed by atoms with Crippen molar-refractivity contribution in [1.82, 2.24) is 10.2 Å². The number of hydrogen-bond acceptors (Lipinski definition) is 4. The molecule has 1 fully saturated rings. The second kappa shape index (κ2) is 6.19. The zero-order valence-corrected chi connectivity index (χ0v) is 10.6. The summed E-state index contributed by atoms with van der Waals surface area (Å²) >= 11 is 0. The third-order valence-electron chi connectivity index (χ3n) is 2.97. The van der Waals surface area contributed by atoms with E-state index in [1.165, 1.54) is 0 Å². The van der Waals surface area contributed by atoms with Crippen molar-refractivity contribution >= 4 is 11.8 Å². The molecule has 0 aliphatic carbocycles. The van der Waals surface area contributed by atoms with Crippen molar-refractivity contribution in [2.75, 3.05) is 32.8 Å². The van der Waals surface area contributed by atoms with E-state index in [1.807, 2.05) is 0 Å². The van der Waals surface area contributed by atoms with Crippen LogP contribution >= 0.6 is 0 Å². The number of carbonyl (C=O) groups excluding carboxylic acids is 2. The lowest BCUT2D eigenvalue weighted by atomic mass is 10.2. The summed E-state index contributed by atoms with van der Waals surface area (Å²) in [7, 11) is 0. The van der Waals surface area contributed by atoms with Crippen LogP contribution in [0, 0.1) is 0 Å². The Balaban J connectivity index is 1.84. The first-order valence-corrected chi connectivity index (χ1v) is 6.18. The van der Waals surface area contributed by atoms with Crippen molar-refractivity contribution in [2.45, 2.75) is 0 Å². The molecule has 1 aromatic carbocycles. The van der Waals surface area contributed by atoms with Crippen molar-refractivity contribution < 1.29 is 14.3 Å². The number of nitrogens with zero attached hydrogens (tertiary/aromatic N) is 1. The van der Waals surface area contributed by atoms with E-state index in [0.717, 1.165) is 13.1 Å². The normalized spacial score (nSPS) is 15.1. The Kier molecular flexibility index (Phi) is 4.35. The smallest absolute Gasteiger partial charge is 0.260 e. The predicted molar refractivity (Wildman–Crippen MR) is 69.9 cm³/mol. The molecule has 2 rings (SSSR count). The third kappa shape index (κ3) is 3.69. The number of nitrogens with one attached hydrogen (secondary N) is 1. The van der Waals surface area contributed by atoms with Gasteiger partial charge < -0.3 is 20.7 Å². The average Bonchev–Trinajstić information content (AvgIpc) is 2.46. The highest BCUT2D eigenvalue weighted by molar-refractivity contribution is 5.92. The fourth-order valence-corrected chi connectivity index (χ4v) is 1.87. The van der Waals surface area contributed by atoms with Crippen LogP contribution in [0.25, 0.3) is 0 Å². The molecule has 0 unspecified atom stereocenters. The minimum absolute atomic E-state index is 0.00984. The molecule has 1 heterocycles. The maximum atomic E-state index is 11.8. The number of carbonyl (C=O) groups is 2. The minimum Gasteiger partial charge on any atom is -0.484 e. The standard InChI is InChI=1S/C13H17N3O3/c14-13(18)10-1-3-11(4-2-10)19-9-12(17)16-7-5-15-6-8-16/h1-4,15H,5-9H2,(H2,14,18). The number of hydrogen-bond donors (Lipinski definition) is 2. The van der Waals surface area contributed by atoms with Crippen LogP contribution in [0.1, 0.15) is 10.4 Å². The van der Waals surface area contributed by atoms with Gasteiger partial charge in [0.25, 0.3) is 5.91 Å². The number of nitrogens with two attached hydrogens (primary N) is 1. The van der Waals surface area contributed by atoms with Gasteiger partial charge in [-0.25, -0.2) is 0 Å². The van der Waals surface area contributed by atoms with E-state index in [0.29, 0.717) is 24.4 Å². The van der Waals surface area contributed by atoms with Crippen molar-refractivity contribution in [2.24, 2.45) is 5.73 Å². The third-order valence-corrected chi connectivity index (χ3v) is 2.97. The zero-order chi connectivity index (χ0) is 13.7. The maximum absolute atomic E-state index is 11.8. The number of primary amides is 1. The first-order chi connectivity index (χ1) is 9.16. The van der Waals surface area contributed by atoms with Gasteiger partial charge in [-0.15, -0.1) is 0 Å². The van der Waals surface area contributed by atoms with E-state index in [2.05, 4.69) is 5.32 Å². The van der Waals surface area contributed by atoms with Crippen molar-refractivity contribution in [3.63, 3.8) is 0 Å². The molecule has 6 nitrogen and oxygen atoms in total. The van der Waals surface area contributed by atoms with Crippen LogP contribution in [-0.4, -0.2) is 49.5 Å². The Morgan fingerprint density at radius 3 is 2.42 bits per heavy atom. The van der Waals surface area contributed by atoms with E-state index in [1.54, 1.807) is 29.2 Å². The van der Waals surface area contributed by atoms with Crippen LogP contribution in [0.4, 0.5) is 0 Å². The van der Waals surface area contributed by atoms with Gasteiger partial charge in [-0.3, -0.25) is 9.59 Å². The lowest BCUT2D eigenvalue weighted by Crippen LogP contribution is -2.47. The average molecular weight is 263 g/mol. The number of ether oxygens (including phenoxy) is 1. The molecule has 0 radical (unpaired) electrons. The molecule has 1 aromatic rings. The Morgan fingerprint density at radius 1 is 1.21 bits per heavy atom. The minimum atomic E-state index is -0.483. The Labute approximate surface area is 111 Å². The van der Waals surface area contributed by atoms with Gasteiger partial charge in [-0.2, -0.15) is 0 Å². The maximum Gasteiger partial charge on any atom is 0.260 e. The molecule has 1 saturated heterocycles. The molecule has 0 aromatic heterocycles. The number of rotatable bonds is 4. The van der Waals surface area contributed by atoms with E-state index in [-0.39, 0.29) is 12.5 Å². The topological polar surface area (TPSA) is 84.7 Å². The summed E-state index contributed by atoms with van der Waals surface area (Å²) in [4.78, 5) is 24.5. The van der Waals surface area contributed by atoms with Crippen LogP contribution in [-0.2, 0) is 4.79 Å². The summed E-state index contributed by atoms with van der Waals surface area (Å²) in [5.74, 6) is 0.0393. The SMILES string of the molecule is NC(=O)c1ccc(OCC(=O)N2CCNCC2)cc1. The highest BCUT2D eigenvalue weighted by atomic mass is 16.5. The summed E-state index contributed by atoms with van der Waals surface area (Å²) in [6, 6.07) is 6.41. The molecule has 3 N–H and O–H groups in total. The van der Waals surface area contributed by atoms with Gasteiger partial charge in [-0.1, -0.05) is 0 Å². The molecule has 6 heteroatoms. The van der Waals surface area contributed by atoms with Crippen molar-refractivity contribution in [3.05, 3.63) is 29.8 Å². The Bertz CT molecular complexity index is 453. The van der Waals surface area contributed by atoms with Crippen LogP contribution in [0.15, 0.2) is 24.3 Å². The highest BCUT2D eigenvalue weighted by Crippen LogP contribution is 2.12. The summed E-state index contributed by atoms with van der Waals surface area (Å²) in [6.07, 6.45) is 0. The first-order valence-electron chi connectivity index (χ1n) is 6.18. The van der Waals surface area contributed by atoms with Crippen molar-refractivity contribution in [1.29, 1.82) is 0 Å². The second-order valence-electron chi connectivity index (χ2n) is 4.31. The Hall–Kier alpha value is -2.08. The quantitative estimate of drug-likeness (QED) is 0.774. The molecular formula is C13H17N3O3. The monoisotopic (exact) mass is 263 g/mol. The molecule has 0 saturated carbocycles. The van der Waals surface area contributed by atoms with E-state index in [9.17, 15) is 9.59 Å². The summed E-state index contributed by atoms with van der Waals surface area (Å²) in [6.45, 7) is 3.07. The van der Waals surface area contributed by atoms with Crippen molar-refractivity contribution in [3.8, 4) is 5.75 Å². The van der Waals surface area contributed by atoms with Gasteiger partial charge in [0.15, 0.2) is 6.61 Å². The molecule has 0 bridgehead atoms. The van der Waals surface area contributed by atoms with Crippen LogP contribution in [0.5, 0.6) is 5.75 Å². The van der Waals surface area contributed by atoms with E-state index < -0.39 is 5.91 Å². The fourth-order valence-electron chi connectivity index (χ4n) is 1.87. The zero-order valence-electron chi connectivity index (χ0n) is 10.6. The number of piperazine rings is 1. The summed E-state index contributed by atoms with van der Waals surface area (Å²) < 4.78 is 5.39. The molecule has 0 spiro atoms. The molecule has 19 heavy (non-hydrogen) atoms. The van der Waals surface area contributed by atoms with E-state index in [4.69, 9.17) is 10.5 Å². The Morgan fingerprint density at radius 2 is 1.84 bits per heavy atom. The molecule has 2 amide bonds. The largest absolute Gasteiger partial charge is 0.484 e. The molecule has 1 aliphatic heterocycles. The predicted octanol–water partition coefficient (Wildman–Crippen LogP) is -0.404. The summed E-state index contributed by atoms with van der Waals surface area (Å²) in [5, 5.41) is 3.18. The highest BCUT2D eigenvalue weighted by Gasteiger charge is 2.16. The van der Waals surface area contributed by atoms with Gasteiger partial charge in [-0.05, 0) is 24.3 Å². The van der Waals surface area contributed by atoms with Gasteiger partial charge in [0.1, 0.15) is 5.75 Å². The number of amides is 2. The van der Waals surface area contributed by atoms with Gasteiger partial charge in [0.2, 0.25) is 5.91 Å². The summed E-state index contributed by atoms with van der Waals surface area (Å²) in [5.41, 5.74) is 5.55. The van der Waals surface area contributed by atoms with Crippen LogP contribution < -0.4 is 15.8 Å². The first kappa shape index (κ1) is 13.4. The second-order valence-corrected chi connectivity index (χ2v) is 4.31. The lowest BCUT2D eigenvalue weighted by molar-refractivity contribution is -0.133. The van der Waals surface area contributed by atoms with Gasteiger partial charge >= 0.3 is 0 Å². The van der Waals surface area contributed by atoms with Crippen LogP contribution in [0.3, 0.4) is 0 Å². The molecule has 102 valence electrons. The lowest BCUT2D eigenvalue weighted by Gasteiger charge is -2.27. The molecule has 1 aliphatic rings.